The van der Waals surface area contributed by atoms with E-state index in [0.717, 1.165) is 18.4 Å². The lowest BCUT2D eigenvalue weighted by Crippen LogP contribution is -2.35. The predicted molar refractivity (Wildman–Crippen MR) is 74.7 cm³/mol. The van der Waals surface area contributed by atoms with Crippen molar-refractivity contribution in [2.24, 2.45) is 0 Å². The Morgan fingerprint density at radius 2 is 2.00 bits per heavy atom. The summed E-state index contributed by atoms with van der Waals surface area (Å²) < 4.78 is 5.07. The highest BCUT2D eigenvalue weighted by molar-refractivity contribution is 5.77. The summed E-state index contributed by atoms with van der Waals surface area (Å²) in [4.78, 5) is 11.9. The summed E-state index contributed by atoms with van der Waals surface area (Å²) in [7, 11) is 0. The zero-order valence-corrected chi connectivity index (χ0v) is 11.6. The molecule has 0 fully saturated rings. The van der Waals surface area contributed by atoms with Gasteiger partial charge < -0.3 is 9.84 Å². The van der Waals surface area contributed by atoms with Crippen LogP contribution in [-0.4, -0.2) is 30.3 Å². The zero-order chi connectivity index (χ0) is 14.1. The van der Waals surface area contributed by atoms with Crippen LogP contribution in [0.5, 0.6) is 0 Å². The van der Waals surface area contributed by atoms with Crippen LogP contribution in [0, 0.1) is 0 Å². The molecule has 0 heterocycles. The SMILES string of the molecule is CCCC(O)CNC(C(=O)OCC)c1ccccc1. The molecule has 19 heavy (non-hydrogen) atoms. The maximum atomic E-state index is 11.9. The Kier molecular flexibility index (Phi) is 7.15. The number of hydrogen-bond donors (Lipinski definition) is 2. The van der Waals surface area contributed by atoms with Crippen LogP contribution in [0.4, 0.5) is 0 Å². The van der Waals surface area contributed by atoms with Crippen LogP contribution in [0.3, 0.4) is 0 Å². The Morgan fingerprint density at radius 1 is 1.32 bits per heavy atom. The first-order valence-corrected chi connectivity index (χ1v) is 6.82. The van der Waals surface area contributed by atoms with Crippen molar-refractivity contribution in [1.82, 2.24) is 5.32 Å². The van der Waals surface area contributed by atoms with Crippen LogP contribution in [0.1, 0.15) is 38.3 Å². The van der Waals surface area contributed by atoms with E-state index in [0.29, 0.717) is 13.2 Å². The third-order valence-corrected chi connectivity index (χ3v) is 2.83. The summed E-state index contributed by atoms with van der Waals surface area (Å²) in [6, 6.07) is 8.89. The van der Waals surface area contributed by atoms with Crippen molar-refractivity contribution in [1.29, 1.82) is 0 Å². The molecule has 2 unspecified atom stereocenters. The normalized spacial score (nSPS) is 13.8. The van der Waals surface area contributed by atoms with Crippen molar-refractivity contribution in [3.63, 3.8) is 0 Å². The van der Waals surface area contributed by atoms with Crippen LogP contribution in [0.2, 0.25) is 0 Å². The van der Waals surface area contributed by atoms with Crippen LogP contribution in [0.25, 0.3) is 0 Å². The van der Waals surface area contributed by atoms with Gasteiger partial charge in [0.15, 0.2) is 0 Å². The summed E-state index contributed by atoms with van der Waals surface area (Å²) in [5.41, 5.74) is 0.852. The highest BCUT2D eigenvalue weighted by Gasteiger charge is 2.21. The van der Waals surface area contributed by atoms with Crippen molar-refractivity contribution >= 4 is 5.97 Å². The Morgan fingerprint density at radius 3 is 2.58 bits per heavy atom. The minimum absolute atomic E-state index is 0.308. The molecule has 0 aliphatic carbocycles. The molecule has 2 atom stereocenters. The lowest BCUT2D eigenvalue weighted by Gasteiger charge is -2.19. The van der Waals surface area contributed by atoms with Gasteiger partial charge in [-0.2, -0.15) is 0 Å². The topological polar surface area (TPSA) is 58.6 Å². The van der Waals surface area contributed by atoms with E-state index < -0.39 is 12.1 Å². The molecule has 0 bridgehead atoms. The van der Waals surface area contributed by atoms with Crippen LogP contribution < -0.4 is 5.32 Å². The van der Waals surface area contributed by atoms with Crippen LogP contribution >= 0.6 is 0 Å². The third-order valence-electron chi connectivity index (χ3n) is 2.83. The van der Waals surface area contributed by atoms with Crippen molar-refractivity contribution in [2.75, 3.05) is 13.2 Å². The fraction of sp³-hybridized carbons (Fsp3) is 0.533. The number of esters is 1. The third kappa shape index (κ3) is 5.41. The van der Waals surface area contributed by atoms with Crippen molar-refractivity contribution in [3.8, 4) is 0 Å². The molecule has 0 saturated carbocycles. The number of nitrogens with one attached hydrogen (secondary N) is 1. The van der Waals surface area contributed by atoms with E-state index >= 15 is 0 Å². The van der Waals surface area contributed by atoms with Crippen LogP contribution in [-0.2, 0) is 9.53 Å². The summed E-state index contributed by atoms with van der Waals surface area (Å²) in [6.45, 7) is 4.53. The maximum absolute atomic E-state index is 11.9. The molecule has 106 valence electrons. The fourth-order valence-corrected chi connectivity index (χ4v) is 1.90. The molecular formula is C15H23NO3. The molecule has 0 aliphatic heterocycles. The van der Waals surface area contributed by atoms with Gasteiger partial charge in [0.1, 0.15) is 6.04 Å². The smallest absolute Gasteiger partial charge is 0.327 e. The van der Waals surface area contributed by atoms with Gasteiger partial charge in [-0.15, -0.1) is 0 Å². The standard InChI is InChI=1S/C15H23NO3/c1-3-8-13(17)11-16-14(15(18)19-4-2)12-9-6-5-7-10-12/h5-7,9-10,13-14,16-17H,3-4,8,11H2,1-2H3. The minimum Gasteiger partial charge on any atom is -0.465 e. The van der Waals surface area contributed by atoms with Crippen molar-refractivity contribution < 1.29 is 14.6 Å². The predicted octanol–water partition coefficient (Wildman–Crippen LogP) is 2.04. The van der Waals surface area contributed by atoms with Gasteiger partial charge in [-0.1, -0.05) is 43.7 Å². The quantitative estimate of drug-likeness (QED) is 0.706. The monoisotopic (exact) mass is 265 g/mol. The Labute approximate surface area is 114 Å². The Balaban J connectivity index is 2.68. The molecule has 0 spiro atoms. The lowest BCUT2D eigenvalue weighted by atomic mass is 10.1. The molecule has 0 aromatic heterocycles. The first-order valence-electron chi connectivity index (χ1n) is 6.82. The van der Waals surface area contributed by atoms with E-state index in [4.69, 9.17) is 4.74 Å². The number of hydrogen-bond acceptors (Lipinski definition) is 4. The average Bonchev–Trinajstić information content (AvgIpc) is 2.41. The number of carbonyl (C=O) groups is 1. The number of aliphatic hydroxyl groups excluding tert-OH is 1. The molecule has 0 amide bonds. The van der Waals surface area contributed by atoms with Gasteiger partial charge in [-0.05, 0) is 18.9 Å². The van der Waals surface area contributed by atoms with E-state index in [1.54, 1.807) is 6.92 Å². The van der Waals surface area contributed by atoms with E-state index in [1.807, 2.05) is 37.3 Å². The molecule has 4 nitrogen and oxygen atoms in total. The summed E-state index contributed by atoms with van der Waals surface area (Å²) in [5.74, 6) is -0.308. The van der Waals surface area contributed by atoms with Gasteiger partial charge in [0.2, 0.25) is 0 Å². The molecule has 0 radical (unpaired) electrons. The van der Waals surface area contributed by atoms with Crippen LogP contribution in [0.15, 0.2) is 30.3 Å². The van der Waals surface area contributed by atoms with Gasteiger partial charge in [0, 0.05) is 6.54 Å². The molecule has 0 aliphatic rings. The number of aliphatic hydroxyl groups is 1. The van der Waals surface area contributed by atoms with Gasteiger partial charge in [-0.3, -0.25) is 5.32 Å². The van der Waals surface area contributed by atoms with E-state index in [2.05, 4.69) is 5.32 Å². The maximum Gasteiger partial charge on any atom is 0.327 e. The molecule has 4 heteroatoms. The lowest BCUT2D eigenvalue weighted by molar-refractivity contribution is -0.146. The van der Waals surface area contributed by atoms with Gasteiger partial charge in [0.05, 0.1) is 12.7 Å². The molecule has 2 N–H and O–H groups in total. The van der Waals surface area contributed by atoms with Gasteiger partial charge in [0.25, 0.3) is 0 Å². The largest absolute Gasteiger partial charge is 0.465 e. The number of benzene rings is 1. The zero-order valence-electron chi connectivity index (χ0n) is 11.6. The molecule has 1 aromatic rings. The minimum atomic E-state index is -0.521. The second-order valence-corrected chi connectivity index (χ2v) is 4.45. The first kappa shape index (κ1) is 15.7. The number of ether oxygens (including phenoxy) is 1. The highest BCUT2D eigenvalue weighted by atomic mass is 16.5. The molecule has 0 saturated heterocycles. The number of rotatable bonds is 8. The summed E-state index contributed by atoms with van der Waals surface area (Å²) >= 11 is 0. The first-order chi connectivity index (χ1) is 9.19. The van der Waals surface area contributed by atoms with E-state index in [9.17, 15) is 9.90 Å². The molecule has 1 rings (SSSR count). The van der Waals surface area contributed by atoms with Gasteiger partial charge >= 0.3 is 5.97 Å². The van der Waals surface area contributed by atoms with E-state index in [-0.39, 0.29) is 5.97 Å². The average molecular weight is 265 g/mol. The molecule has 1 aromatic carbocycles. The summed E-state index contributed by atoms with van der Waals surface area (Å²) in [5, 5.41) is 12.8. The Hall–Kier alpha value is -1.39. The fourth-order valence-electron chi connectivity index (χ4n) is 1.90. The van der Waals surface area contributed by atoms with Crippen molar-refractivity contribution in [3.05, 3.63) is 35.9 Å². The Bertz CT molecular complexity index is 367. The highest BCUT2D eigenvalue weighted by Crippen LogP contribution is 2.14. The number of carbonyl (C=O) groups excluding carboxylic acids is 1. The second kappa shape index (κ2) is 8.67. The second-order valence-electron chi connectivity index (χ2n) is 4.45. The van der Waals surface area contributed by atoms with E-state index in [1.165, 1.54) is 0 Å². The summed E-state index contributed by atoms with van der Waals surface area (Å²) in [6.07, 6.45) is 1.20. The van der Waals surface area contributed by atoms with Gasteiger partial charge in [-0.25, -0.2) is 4.79 Å². The molecular weight excluding hydrogens is 242 g/mol. The van der Waals surface area contributed by atoms with Crippen molar-refractivity contribution in [2.45, 2.75) is 38.8 Å².